The van der Waals surface area contributed by atoms with Crippen LogP contribution in [0.3, 0.4) is 0 Å². The van der Waals surface area contributed by atoms with Gasteiger partial charge in [0, 0.05) is 39.3 Å². The zero-order chi connectivity index (χ0) is 33.5. The number of hydrogen-bond acceptors (Lipinski definition) is 6. The first-order valence-electron chi connectivity index (χ1n) is 17.1. The molecule has 254 valence electrons. The molecule has 0 aliphatic carbocycles. The van der Waals surface area contributed by atoms with E-state index in [-0.39, 0.29) is 25.4 Å². The number of ether oxygens (including phenoxy) is 2. The zero-order valence-corrected chi connectivity index (χ0v) is 28.0. The van der Waals surface area contributed by atoms with Crippen molar-refractivity contribution in [3.8, 4) is 0 Å². The van der Waals surface area contributed by atoms with Gasteiger partial charge in [0.25, 0.3) is 0 Å². The highest BCUT2D eigenvalue weighted by atomic mass is 16.6. The van der Waals surface area contributed by atoms with Crippen LogP contribution in [-0.2, 0) is 35.8 Å². The molecule has 4 aromatic carbocycles. The van der Waals surface area contributed by atoms with Gasteiger partial charge in [-0.2, -0.15) is 0 Å². The standard InChI is InChI=1S/C40H50N4O4/c45-39(47-33-37-21-9-3-10-22-37)41-25-15-29-43(31-35-17-5-1-6-18-35)27-13-14-28-44(32-36-19-7-2-8-20-36)30-16-26-42-40(46)48-34-38-23-11-4-12-24-38/h1-12,17-24H,13-16,25-34H2,(H,41,45)(H,42,46)/i25+1,26+1. The highest BCUT2D eigenvalue weighted by molar-refractivity contribution is 5.67. The van der Waals surface area contributed by atoms with Gasteiger partial charge in [-0.1, -0.05) is 121 Å². The lowest BCUT2D eigenvalue weighted by atomic mass is 10.2. The van der Waals surface area contributed by atoms with Crippen LogP contribution >= 0.6 is 0 Å². The molecule has 48 heavy (non-hydrogen) atoms. The first-order valence-corrected chi connectivity index (χ1v) is 17.1. The van der Waals surface area contributed by atoms with Crippen LogP contribution in [0.1, 0.15) is 47.9 Å². The molecular weight excluding hydrogens is 602 g/mol. The monoisotopic (exact) mass is 652 g/mol. The highest BCUT2D eigenvalue weighted by Gasteiger charge is 2.11. The van der Waals surface area contributed by atoms with Gasteiger partial charge in [0.15, 0.2) is 0 Å². The smallest absolute Gasteiger partial charge is 0.407 e. The van der Waals surface area contributed by atoms with E-state index in [1.165, 1.54) is 11.1 Å². The lowest BCUT2D eigenvalue weighted by molar-refractivity contribution is 0.138. The lowest BCUT2D eigenvalue weighted by Gasteiger charge is -2.25. The van der Waals surface area contributed by atoms with Crippen molar-refractivity contribution < 1.29 is 19.1 Å². The quantitative estimate of drug-likeness (QED) is 0.0721. The van der Waals surface area contributed by atoms with Crippen LogP contribution in [0.5, 0.6) is 0 Å². The first-order chi connectivity index (χ1) is 23.6. The topological polar surface area (TPSA) is 83.1 Å². The summed E-state index contributed by atoms with van der Waals surface area (Å²) in [4.78, 5) is 29.3. The lowest BCUT2D eigenvalue weighted by Crippen LogP contribution is -2.32. The van der Waals surface area contributed by atoms with E-state index in [0.717, 1.165) is 76.1 Å². The summed E-state index contributed by atoms with van der Waals surface area (Å²) in [7, 11) is 0. The van der Waals surface area contributed by atoms with E-state index in [0.29, 0.717) is 13.1 Å². The Labute approximate surface area is 286 Å². The average Bonchev–Trinajstić information content (AvgIpc) is 3.13. The van der Waals surface area contributed by atoms with Crippen molar-refractivity contribution in [3.63, 3.8) is 0 Å². The molecule has 0 fully saturated rings. The Morgan fingerprint density at radius 2 is 0.750 bits per heavy atom. The largest absolute Gasteiger partial charge is 0.445 e. The molecule has 4 aromatic rings. The number of hydrogen-bond donors (Lipinski definition) is 2. The van der Waals surface area contributed by atoms with Crippen molar-refractivity contribution in [2.24, 2.45) is 0 Å². The molecule has 2 amide bonds. The molecule has 0 bridgehead atoms. The zero-order valence-electron chi connectivity index (χ0n) is 28.0. The molecule has 0 saturated carbocycles. The van der Waals surface area contributed by atoms with Gasteiger partial charge < -0.3 is 20.1 Å². The fourth-order valence-corrected chi connectivity index (χ4v) is 5.43. The number of carbonyl (C=O) groups is 2. The van der Waals surface area contributed by atoms with Crippen LogP contribution in [0, 0.1) is 0 Å². The fraction of sp³-hybridized carbons (Fsp3) is 0.350. The second kappa shape index (κ2) is 22.0. The Hall–Kier alpha value is -4.66. The molecule has 8 nitrogen and oxygen atoms in total. The minimum atomic E-state index is -0.383. The molecule has 4 rings (SSSR count). The highest BCUT2D eigenvalue weighted by Crippen LogP contribution is 2.10. The van der Waals surface area contributed by atoms with Gasteiger partial charge in [-0.25, -0.2) is 9.59 Å². The summed E-state index contributed by atoms with van der Waals surface area (Å²) >= 11 is 0. The summed E-state index contributed by atoms with van der Waals surface area (Å²) < 4.78 is 10.7. The van der Waals surface area contributed by atoms with Crippen molar-refractivity contribution >= 4 is 12.2 Å². The summed E-state index contributed by atoms with van der Waals surface area (Å²) in [5, 5.41) is 5.79. The van der Waals surface area contributed by atoms with Gasteiger partial charge >= 0.3 is 12.2 Å². The third-order valence-corrected chi connectivity index (χ3v) is 7.96. The predicted molar refractivity (Wildman–Crippen MR) is 191 cm³/mol. The maximum atomic E-state index is 12.2. The average molecular weight is 653 g/mol. The molecule has 0 unspecified atom stereocenters. The number of carbonyl (C=O) groups excluding carboxylic acids is 2. The SMILES string of the molecule is O=C(N[13CH2]CCN(CCCCN(CC[13CH2]NC(=O)OCc1ccccc1)Cc1ccccc1)Cc1ccccc1)OCc1ccccc1. The van der Waals surface area contributed by atoms with Crippen LogP contribution in [0.15, 0.2) is 121 Å². The van der Waals surface area contributed by atoms with E-state index in [2.05, 4.69) is 69.0 Å². The van der Waals surface area contributed by atoms with Crippen molar-refractivity contribution in [1.29, 1.82) is 0 Å². The number of unbranched alkanes of at least 4 members (excludes halogenated alkanes) is 1. The van der Waals surface area contributed by atoms with Crippen LogP contribution in [0.2, 0.25) is 0 Å². The van der Waals surface area contributed by atoms with E-state index in [9.17, 15) is 9.59 Å². The minimum Gasteiger partial charge on any atom is -0.445 e. The molecule has 0 heterocycles. The van der Waals surface area contributed by atoms with Crippen LogP contribution in [0.4, 0.5) is 9.59 Å². The normalized spacial score (nSPS) is 11.0. The second-order valence-electron chi connectivity index (χ2n) is 11.9. The van der Waals surface area contributed by atoms with Gasteiger partial charge in [0.1, 0.15) is 13.2 Å². The molecule has 0 saturated heterocycles. The molecule has 0 spiro atoms. The van der Waals surface area contributed by atoms with Crippen molar-refractivity contribution in [3.05, 3.63) is 144 Å². The summed E-state index contributed by atoms with van der Waals surface area (Å²) in [5.41, 5.74) is 4.52. The Kier molecular flexibility index (Phi) is 16.6. The van der Waals surface area contributed by atoms with E-state index in [1.807, 2.05) is 72.8 Å². The second-order valence-corrected chi connectivity index (χ2v) is 11.9. The molecule has 8 heteroatoms. The molecule has 0 aliphatic heterocycles. The minimum absolute atomic E-state index is 0.270. The van der Waals surface area contributed by atoms with Gasteiger partial charge in [0.05, 0.1) is 0 Å². The van der Waals surface area contributed by atoms with E-state index in [1.54, 1.807) is 0 Å². The Morgan fingerprint density at radius 1 is 0.438 bits per heavy atom. The maximum Gasteiger partial charge on any atom is 0.407 e. The predicted octanol–water partition coefficient (Wildman–Crippen LogP) is 7.40. The number of alkyl carbamates (subject to hydrolysis) is 2. The molecular formula is C40H50N4O4. The van der Waals surface area contributed by atoms with E-state index in [4.69, 9.17) is 9.47 Å². The fourth-order valence-electron chi connectivity index (χ4n) is 5.43. The van der Waals surface area contributed by atoms with Gasteiger partial charge in [0.2, 0.25) is 0 Å². The Morgan fingerprint density at radius 3 is 1.10 bits per heavy atom. The Balaban J connectivity index is 1.18. The number of rotatable bonds is 21. The van der Waals surface area contributed by atoms with Crippen LogP contribution in [0.25, 0.3) is 0 Å². The first kappa shape index (κ1) is 36.2. The summed E-state index contributed by atoms with van der Waals surface area (Å²) in [6.45, 7) is 7.13. The summed E-state index contributed by atoms with van der Waals surface area (Å²) in [6, 6.07) is 40.5. The van der Waals surface area contributed by atoms with Crippen LogP contribution < -0.4 is 10.6 Å². The molecule has 2 N–H and O–H groups in total. The Bertz CT molecular complexity index is 1310. The number of nitrogens with zero attached hydrogens (tertiary/aromatic N) is 2. The summed E-state index contributed by atoms with van der Waals surface area (Å²) in [5.74, 6) is 0. The number of benzene rings is 4. The summed E-state index contributed by atoms with van der Waals surface area (Å²) in [6.07, 6.45) is 3.05. The van der Waals surface area contributed by atoms with Crippen molar-refractivity contribution in [2.45, 2.75) is 52.0 Å². The number of nitrogens with one attached hydrogen (secondary N) is 2. The number of amides is 2. The molecule has 0 aliphatic rings. The molecule has 0 atom stereocenters. The van der Waals surface area contributed by atoms with E-state index >= 15 is 0 Å². The van der Waals surface area contributed by atoms with E-state index < -0.39 is 0 Å². The third-order valence-electron chi connectivity index (χ3n) is 7.96. The van der Waals surface area contributed by atoms with Crippen LogP contribution in [-0.4, -0.2) is 61.3 Å². The molecule has 0 radical (unpaired) electrons. The van der Waals surface area contributed by atoms with Crippen molar-refractivity contribution in [2.75, 3.05) is 39.3 Å². The van der Waals surface area contributed by atoms with Crippen molar-refractivity contribution in [1.82, 2.24) is 20.4 Å². The maximum absolute atomic E-state index is 12.2. The van der Waals surface area contributed by atoms with Gasteiger partial charge in [-0.05, 0) is 61.0 Å². The molecule has 0 aromatic heterocycles. The van der Waals surface area contributed by atoms with Gasteiger partial charge in [-0.3, -0.25) is 9.80 Å². The van der Waals surface area contributed by atoms with Gasteiger partial charge in [-0.15, -0.1) is 0 Å². The third kappa shape index (κ3) is 15.3.